The van der Waals surface area contributed by atoms with Crippen molar-refractivity contribution in [3.8, 4) is 5.75 Å². The van der Waals surface area contributed by atoms with E-state index < -0.39 is 0 Å². The van der Waals surface area contributed by atoms with Gasteiger partial charge in [-0.2, -0.15) is 0 Å². The van der Waals surface area contributed by atoms with Gasteiger partial charge >= 0.3 is 0 Å². The lowest BCUT2D eigenvalue weighted by Gasteiger charge is -2.21. The van der Waals surface area contributed by atoms with Crippen molar-refractivity contribution in [2.24, 2.45) is 10.9 Å². The standard InChI is InChI=1S/C17H21N3O3S/c1-23-14-5-3-12(4-6-14)10-19-11-13(9-15(19)21)16(22)20-8-7-18-17(20)24-2/h3-6,13H,7-11H2,1-2H3. The molecule has 128 valence electrons. The Hall–Kier alpha value is -2.02. The summed E-state index contributed by atoms with van der Waals surface area (Å²) in [7, 11) is 1.62. The summed E-state index contributed by atoms with van der Waals surface area (Å²) in [6.07, 6.45) is 2.20. The zero-order valence-electron chi connectivity index (χ0n) is 13.9. The van der Waals surface area contributed by atoms with E-state index in [0.29, 0.717) is 26.2 Å². The highest BCUT2D eigenvalue weighted by atomic mass is 32.2. The van der Waals surface area contributed by atoms with Crippen LogP contribution in [0, 0.1) is 5.92 Å². The van der Waals surface area contributed by atoms with Crippen molar-refractivity contribution in [2.75, 3.05) is 33.0 Å². The van der Waals surface area contributed by atoms with Crippen LogP contribution in [0.15, 0.2) is 29.3 Å². The molecule has 0 bridgehead atoms. The topological polar surface area (TPSA) is 62.2 Å². The number of rotatable bonds is 4. The lowest BCUT2D eigenvalue weighted by Crippen LogP contribution is -2.38. The third-order valence-electron chi connectivity index (χ3n) is 4.35. The first-order chi connectivity index (χ1) is 11.6. The fraction of sp³-hybridized carbons (Fsp3) is 0.471. The number of amides is 2. The van der Waals surface area contributed by atoms with Crippen molar-refractivity contribution in [1.82, 2.24) is 9.80 Å². The van der Waals surface area contributed by atoms with Crippen LogP contribution < -0.4 is 4.74 Å². The van der Waals surface area contributed by atoms with E-state index in [4.69, 9.17) is 4.74 Å². The number of nitrogens with zero attached hydrogens (tertiary/aromatic N) is 3. The molecular weight excluding hydrogens is 326 g/mol. The predicted octanol–water partition coefficient (Wildman–Crippen LogP) is 1.60. The number of aliphatic imine (C=N–C) groups is 1. The van der Waals surface area contributed by atoms with Gasteiger partial charge < -0.3 is 9.64 Å². The molecule has 2 heterocycles. The Morgan fingerprint density at radius 2 is 2.12 bits per heavy atom. The highest BCUT2D eigenvalue weighted by molar-refractivity contribution is 8.13. The van der Waals surface area contributed by atoms with E-state index in [1.54, 1.807) is 16.9 Å². The molecule has 3 rings (SSSR count). The number of hydrogen-bond acceptors (Lipinski definition) is 5. The molecule has 6 nitrogen and oxygen atoms in total. The maximum atomic E-state index is 12.7. The number of amidine groups is 1. The van der Waals surface area contributed by atoms with E-state index in [2.05, 4.69) is 4.99 Å². The van der Waals surface area contributed by atoms with Gasteiger partial charge in [-0.05, 0) is 24.0 Å². The molecule has 2 aliphatic rings. The molecule has 1 aromatic rings. The lowest BCUT2D eigenvalue weighted by atomic mass is 10.1. The Balaban J connectivity index is 1.62. The molecule has 0 aliphatic carbocycles. The number of hydrogen-bond donors (Lipinski definition) is 0. The van der Waals surface area contributed by atoms with Crippen molar-refractivity contribution in [1.29, 1.82) is 0 Å². The molecule has 1 unspecified atom stereocenters. The molecule has 24 heavy (non-hydrogen) atoms. The maximum Gasteiger partial charge on any atom is 0.234 e. The number of carbonyl (C=O) groups excluding carboxylic acids is 2. The first kappa shape index (κ1) is 16.8. The van der Waals surface area contributed by atoms with E-state index >= 15 is 0 Å². The number of ether oxygens (including phenoxy) is 1. The Morgan fingerprint density at radius 1 is 1.38 bits per heavy atom. The fourth-order valence-corrected chi connectivity index (χ4v) is 3.69. The van der Waals surface area contributed by atoms with Crippen molar-refractivity contribution in [3.05, 3.63) is 29.8 Å². The molecule has 0 aromatic heterocycles. The minimum absolute atomic E-state index is 0.0196. The Labute approximate surface area is 145 Å². The lowest BCUT2D eigenvalue weighted by molar-refractivity contribution is -0.132. The minimum Gasteiger partial charge on any atom is -0.497 e. The number of thioether (sulfide) groups is 1. The quantitative estimate of drug-likeness (QED) is 0.830. The Bertz CT molecular complexity index is 660. The largest absolute Gasteiger partial charge is 0.497 e. The first-order valence-electron chi connectivity index (χ1n) is 7.93. The molecule has 1 atom stereocenters. The van der Waals surface area contributed by atoms with Crippen molar-refractivity contribution in [2.45, 2.75) is 13.0 Å². The van der Waals surface area contributed by atoms with Gasteiger partial charge in [0, 0.05) is 26.1 Å². The monoisotopic (exact) mass is 347 g/mol. The summed E-state index contributed by atoms with van der Waals surface area (Å²) >= 11 is 1.48. The molecule has 1 fully saturated rings. The molecule has 0 spiro atoms. The van der Waals surface area contributed by atoms with Crippen molar-refractivity contribution < 1.29 is 14.3 Å². The van der Waals surface area contributed by atoms with Crippen LogP contribution in [-0.4, -0.2) is 59.8 Å². The van der Waals surface area contributed by atoms with Gasteiger partial charge in [0.15, 0.2) is 5.17 Å². The average Bonchev–Trinajstić information content (AvgIpc) is 3.22. The number of methoxy groups -OCH3 is 1. The summed E-state index contributed by atoms with van der Waals surface area (Å²) in [5.41, 5.74) is 1.03. The van der Waals surface area contributed by atoms with E-state index in [1.807, 2.05) is 30.5 Å². The van der Waals surface area contributed by atoms with Gasteiger partial charge in [-0.3, -0.25) is 19.5 Å². The van der Waals surface area contributed by atoms with Gasteiger partial charge in [0.05, 0.1) is 19.6 Å². The van der Waals surface area contributed by atoms with Crippen LogP contribution in [0.4, 0.5) is 0 Å². The molecule has 2 amide bonds. The molecular formula is C17H21N3O3S. The number of likely N-dealkylation sites (tertiary alicyclic amines) is 1. The van der Waals surface area contributed by atoms with Crippen LogP contribution in [0.3, 0.4) is 0 Å². The molecule has 0 saturated carbocycles. The van der Waals surface area contributed by atoms with Crippen molar-refractivity contribution >= 4 is 28.7 Å². The zero-order chi connectivity index (χ0) is 17.1. The number of benzene rings is 1. The fourth-order valence-electron chi connectivity index (χ4n) is 3.07. The van der Waals surface area contributed by atoms with Crippen LogP contribution in [0.1, 0.15) is 12.0 Å². The Morgan fingerprint density at radius 3 is 2.79 bits per heavy atom. The Kier molecular flexibility index (Phi) is 5.08. The second kappa shape index (κ2) is 7.25. The summed E-state index contributed by atoms with van der Waals surface area (Å²) in [5, 5.41) is 0.765. The van der Waals surface area contributed by atoms with Crippen LogP contribution in [0.25, 0.3) is 0 Å². The number of carbonyl (C=O) groups is 2. The van der Waals surface area contributed by atoms with Gasteiger partial charge in [-0.25, -0.2) is 0 Å². The van der Waals surface area contributed by atoms with Gasteiger partial charge in [0.1, 0.15) is 5.75 Å². The second-order valence-electron chi connectivity index (χ2n) is 5.88. The van der Waals surface area contributed by atoms with Gasteiger partial charge in [0.25, 0.3) is 0 Å². The third-order valence-corrected chi connectivity index (χ3v) is 5.06. The second-order valence-corrected chi connectivity index (χ2v) is 6.66. The van der Waals surface area contributed by atoms with Gasteiger partial charge in [-0.1, -0.05) is 23.9 Å². The summed E-state index contributed by atoms with van der Waals surface area (Å²) in [4.78, 5) is 32.8. The van der Waals surface area contributed by atoms with Crippen LogP contribution in [-0.2, 0) is 16.1 Å². The van der Waals surface area contributed by atoms with E-state index in [0.717, 1.165) is 16.5 Å². The molecule has 7 heteroatoms. The smallest absolute Gasteiger partial charge is 0.234 e. The molecule has 1 aromatic carbocycles. The molecule has 2 aliphatic heterocycles. The highest BCUT2D eigenvalue weighted by Gasteiger charge is 2.38. The van der Waals surface area contributed by atoms with Gasteiger partial charge in [0.2, 0.25) is 11.8 Å². The van der Waals surface area contributed by atoms with E-state index in [9.17, 15) is 9.59 Å². The zero-order valence-corrected chi connectivity index (χ0v) is 14.7. The summed E-state index contributed by atoms with van der Waals surface area (Å²) in [6.45, 7) is 2.27. The molecule has 0 N–H and O–H groups in total. The first-order valence-corrected chi connectivity index (χ1v) is 9.15. The summed E-state index contributed by atoms with van der Waals surface area (Å²) in [5.74, 6) is 0.570. The van der Waals surface area contributed by atoms with E-state index in [-0.39, 0.29) is 24.2 Å². The van der Waals surface area contributed by atoms with Crippen LogP contribution >= 0.6 is 11.8 Å². The summed E-state index contributed by atoms with van der Waals surface area (Å²) in [6, 6.07) is 7.65. The molecule has 1 saturated heterocycles. The van der Waals surface area contributed by atoms with E-state index in [1.165, 1.54) is 11.8 Å². The van der Waals surface area contributed by atoms with Crippen molar-refractivity contribution in [3.63, 3.8) is 0 Å². The summed E-state index contributed by atoms with van der Waals surface area (Å²) < 4.78 is 5.14. The molecule has 0 radical (unpaired) electrons. The third kappa shape index (κ3) is 3.40. The predicted molar refractivity (Wildman–Crippen MR) is 94.0 cm³/mol. The SMILES string of the molecule is COc1ccc(CN2CC(C(=O)N3CCN=C3SC)CC2=O)cc1. The van der Waals surface area contributed by atoms with Gasteiger partial charge in [-0.15, -0.1) is 0 Å². The average molecular weight is 347 g/mol. The normalized spacial score (nSPS) is 20.5. The van der Waals surface area contributed by atoms with Crippen LogP contribution in [0.5, 0.6) is 5.75 Å². The van der Waals surface area contributed by atoms with Crippen LogP contribution in [0.2, 0.25) is 0 Å². The minimum atomic E-state index is -0.272. The maximum absolute atomic E-state index is 12.7. The highest BCUT2D eigenvalue weighted by Crippen LogP contribution is 2.25.